The molecular weight excluding hydrogens is 128 g/mol. The second kappa shape index (κ2) is 1.72. The first-order chi connectivity index (χ1) is 4.72. The minimum atomic E-state index is -0.191. The fourth-order valence-electron chi connectivity index (χ4n) is 1.68. The molecule has 0 unspecified atom stereocenters. The maximum absolute atomic E-state index is 10.7. The Balaban J connectivity index is 1.99. The molecule has 2 aliphatic rings. The van der Waals surface area contributed by atoms with Crippen molar-refractivity contribution < 1.29 is 4.79 Å². The molecule has 56 valence electrons. The van der Waals surface area contributed by atoms with Crippen molar-refractivity contribution in [3.63, 3.8) is 0 Å². The number of carbonyl (C=O) groups is 1. The number of nitrogens with two attached hydrogens (primary N) is 1. The predicted octanol–water partition coefficient (Wildman–Crippen LogP) is -0.386. The lowest BCUT2D eigenvalue weighted by Crippen LogP contribution is -2.36. The van der Waals surface area contributed by atoms with E-state index < -0.39 is 0 Å². The highest BCUT2D eigenvalue weighted by atomic mass is 16.1. The number of rotatable bonds is 1. The fourth-order valence-corrected chi connectivity index (χ4v) is 1.68. The lowest BCUT2D eigenvalue weighted by molar-refractivity contribution is -0.119. The molecule has 3 heteroatoms. The summed E-state index contributed by atoms with van der Waals surface area (Å²) in [6, 6.07) is -0.0394. The van der Waals surface area contributed by atoms with E-state index in [1.807, 2.05) is 0 Å². The molecule has 3 nitrogen and oxygen atoms in total. The molecule has 10 heavy (non-hydrogen) atoms. The van der Waals surface area contributed by atoms with Crippen LogP contribution in [0, 0.1) is 5.41 Å². The van der Waals surface area contributed by atoms with Crippen LogP contribution in [0.4, 0.5) is 0 Å². The van der Waals surface area contributed by atoms with Gasteiger partial charge in [0.05, 0.1) is 6.04 Å². The number of primary amides is 1. The van der Waals surface area contributed by atoms with Gasteiger partial charge in [0.15, 0.2) is 0 Å². The summed E-state index contributed by atoms with van der Waals surface area (Å²) in [6.45, 7) is 1.00. The van der Waals surface area contributed by atoms with Gasteiger partial charge in [-0.1, -0.05) is 0 Å². The molecule has 1 atom stereocenters. The summed E-state index contributed by atoms with van der Waals surface area (Å²) in [5.41, 5.74) is 5.63. The van der Waals surface area contributed by atoms with Gasteiger partial charge >= 0.3 is 0 Å². The van der Waals surface area contributed by atoms with Gasteiger partial charge in [-0.3, -0.25) is 4.79 Å². The Kier molecular flexibility index (Phi) is 1.06. The van der Waals surface area contributed by atoms with Crippen molar-refractivity contribution in [1.82, 2.24) is 5.32 Å². The summed E-state index contributed by atoms with van der Waals surface area (Å²) in [7, 11) is 0. The van der Waals surface area contributed by atoms with Gasteiger partial charge in [0, 0.05) is 6.54 Å². The fraction of sp³-hybridized carbons (Fsp3) is 0.857. The van der Waals surface area contributed by atoms with Crippen LogP contribution in [0.25, 0.3) is 0 Å². The summed E-state index contributed by atoms with van der Waals surface area (Å²) in [5.74, 6) is -0.191. The Bertz CT molecular complexity index is 174. The SMILES string of the molecule is NC(=O)[C@@H]1CC2(CC2)CN1. The van der Waals surface area contributed by atoms with Gasteiger partial charge in [-0.15, -0.1) is 0 Å². The van der Waals surface area contributed by atoms with Crippen molar-refractivity contribution in [2.45, 2.75) is 25.3 Å². The maximum atomic E-state index is 10.7. The Morgan fingerprint density at radius 2 is 2.30 bits per heavy atom. The standard InChI is InChI=1S/C7H12N2O/c8-6(10)5-3-7(1-2-7)4-9-5/h5,9H,1-4H2,(H2,8,10)/t5-/m0/s1. The van der Waals surface area contributed by atoms with Crippen LogP contribution in [0.15, 0.2) is 0 Å². The molecule has 2 fully saturated rings. The van der Waals surface area contributed by atoms with Crippen molar-refractivity contribution in [3.8, 4) is 0 Å². The van der Waals surface area contributed by atoms with E-state index in [2.05, 4.69) is 5.32 Å². The third-order valence-corrected chi connectivity index (χ3v) is 2.66. The Labute approximate surface area is 60.0 Å². The Hall–Kier alpha value is -0.570. The highest BCUT2D eigenvalue weighted by molar-refractivity contribution is 5.80. The molecule has 1 amide bonds. The Morgan fingerprint density at radius 1 is 1.60 bits per heavy atom. The van der Waals surface area contributed by atoms with Crippen LogP contribution < -0.4 is 11.1 Å². The molecule has 1 heterocycles. The molecule has 3 N–H and O–H groups in total. The van der Waals surface area contributed by atoms with E-state index in [0.717, 1.165) is 13.0 Å². The van der Waals surface area contributed by atoms with Crippen molar-refractivity contribution in [1.29, 1.82) is 0 Å². The number of nitrogens with one attached hydrogen (secondary N) is 1. The number of hydrogen-bond donors (Lipinski definition) is 2. The van der Waals surface area contributed by atoms with E-state index in [9.17, 15) is 4.79 Å². The molecule has 0 aromatic heterocycles. The van der Waals surface area contributed by atoms with Crippen LogP contribution in [-0.4, -0.2) is 18.5 Å². The summed E-state index contributed by atoms with van der Waals surface area (Å²) < 4.78 is 0. The Morgan fingerprint density at radius 3 is 2.60 bits per heavy atom. The molecule has 0 bridgehead atoms. The molecule has 2 rings (SSSR count). The van der Waals surface area contributed by atoms with E-state index >= 15 is 0 Å². The first kappa shape index (κ1) is 6.16. The third-order valence-electron chi connectivity index (χ3n) is 2.66. The van der Waals surface area contributed by atoms with Crippen molar-refractivity contribution in [2.24, 2.45) is 11.1 Å². The minimum absolute atomic E-state index is 0.0394. The van der Waals surface area contributed by atoms with Gasteiger partial charge < -0.3 is 11.1 Å². The molecule has 1 spiro atoms. The van der Waals surface area contributed by atoms with Gasteiger partial charge in [-0.25, -0.2) is 0 Å². The average Bonchev–Trinajstić information content (AvgIpc) is 2.41. The van der Waals surface area contributed by atoms with Crippen molar-refractivity contribution >= 4 is 5.91 Å². The smallest absolute Gasteiger partial charge is 0.234 e. The monoisotopic (exact) mass is 140 g/mol. The topological polar surface area (TPSA) is 55.1 Å². The zero-order valence-corrected chi connectivity index (χ0v) is 5.89. The van der Waals surface area contributed by atoms with Crippen LogP contribution in [-0.2, 0) is 4.79 Å². The van der Waals surface area contributed by atoms with E-state index in [1.54, 1.807) is 0 Å². The van der Waals surface area contributed by atoms with E-state index in [1.165, 1.54) is 12.8 Å². The van der Waals surface area contributed by atoms with Crippen LogP contribution in [0.1, 0.15) is 19.3 Å². The summed E-state index contributed by atoms with van der Waals surface area (Å²) in [4.78, 5) is 10.7. The largest absolute Gasteiger partial charge is 0.368 e. The molecule has 0 aromatic rings. The number of hydrogen-bond acceptors (Lipinski definition) is 2. The summed E-state index contributed by atoms with van der Waals surface area (Å²) in [5, 5.41) is 3.13. The van der Waals surface area contributed by atoms with E-state index in [-0.39, 0.29) is 11.9 Å². The molecule has 1 aliphatic heterocycles. The minimum Gasteiger partial charge on any atom is -0.368 e. The normalized spacial score (nSPS) is 34.6. The maximum Gasteiger partial charge on any atom is 0.234 e. The number of carbonyl (C=O) groups excluding carboxylic acids is 1. The van der Waals surface area contributed by atoms with Crippen LogP contribution >= 0.6 is 0 Å². The van der Waals surface area contributed by atoms with Gasteiger partial charge in [-0.05, 0) is 24.7 Å². The van der Waals surface area contributed by atoms with Crippen LogP contribution in [0.5, 0.6) is 0 Å². The van der Waals surface area contributed by atoms with Crippen LogP contribution in [0.3, 0.4) is 0 Å². The first-order valence-corrected chi connectivity index (χ1v) is 3.75. The second-order valence-electron chi connectivity index (χ2n) is 3.54. The molecule has 1 saturated carbocycles. The first-order valence-electron chi connectivity index (χ1n) is 3.75. The summed E-state index contributed by atoms with van der Waals surface area (Å²) in [6.07, 6.45) is 3.54. The van der Waals surface area contributed by atoms with Crippen molar-refractivity contribution in [3.05, 3.63) is 0 Å². The number of amides is 1. The van der Waals surface area contributed by atoms with E-state index in [4.69, 9.17) is 5.73 Å². The highest BCUT2D eigenvalue weighted by Gasteiger charge is 2.49. The lowest BCUT2D eigenvalue weighted by Gasteiger charge is -2.02. The molecule has 1 aliphatic carbocycles. The lowest BCUT2D eigenvalue weighted by atomic mass is 10.0. The van der Waals surface area contributed by atoms with Gasteiger partial charge in [0.2, 0.25) is 5.91 Å². The second-order valence-corrected chi connectivity index (χ2v) is 3.54. The summed E-state index contributed by atoms with van der Waals surface area (Å²) >= 11 is 0. The van der Waals surface area contributed by atoms with E-state index in [0.29, 0.717) is 5.41 Å². The molecular formula is C7H12N2O. The van der Waals surface area contributed by atoms with Crippen LogP contribution in [0.2, 0.25) is 0 Å². The highest BCUT2D eigenvalue weighted by Crippen LogP contribution is 2.51. The third kappa shape index (κ3) is 0.814. The zero-order chi connectivity index (χ0) is 7.19. The van der Waals surface area contributed by atoms with Gasteiger partial charge in [0.25, 0.3) is 0 Å². The van der Waals surface area contributed by atoms with Gasteiger partial charge in [0.1, 0.15) is 0 Å². The quantitative estimate of drug-likeness (QED) is 0.521. The zero-order valence-electron chi connectivity index (χ0n) is 5.89. The molecule has 0 aromatic carbocycles. The van der Waals surface area contributed by atoms with Gasteiger partial charge in [-0.2, -0.15) is 0 Å². The average molecular weight is 140 g/mol. The van der Waals surface area contributed by atoms with Crippen molar-refractivity contribution in [2.75, 3.05) is 6.54 Å². The predicted molar refractivity (Wildman–Crippen MR) is 37.3 cm³/mol. The molecule has 0 radical (unpaired) electrons. The molecule has 1 saturated heterocycles.